The van der Waals surface area contributed by atoms with Gasteiger partial charge in [0, 0.05) is 30.9 Å². The van der Waals surface area contributed by atoms with Crippen LogP contribution in [-0.2, 0) is 0 Å². The molecule has 1 rings (SSSR count). The third kappa shape index (κ3) is 4.25. The van der Waals surface area contributed by atoms with Crippen molar-refractivity contribution in [2.45, 2.75) is 19.9 Å². The summed E-state index contributed by atoms with van der Waals surface area (Å²) in [5, 5.41) is 0. The van der Waals surface area contributed by atoms with Gasteiger partial charge < -0.3 is 15.5 Å². The molecule has 20 heavy (non-hydrogen) atoms. The summed E-state index contributed by atoms with van der Waals surface area (Å²) >= 11 is 4.87. The molecule has 0 aliphatic carbocycles. The molecule has 1 unspecified atom stereocenters. The van der Waals surface area contributed by atoms with E-state index in [2.05, 4.69) is 9.88 Å². The Bertz CT molecular complexity index is 473. The van der Waals surface area contributed by atoms with E-state index in [4.69, 9.17) is 18.0 Å². The Hall–Kier alpha value is -1.53. The second kappa shape index (κ2) is 7.31. The van der Waals surface area contributed by atoms with Gasteiger partial charge in [0.15, 0.2) is 0 Å². The number of carbonyl (C=O) groups excluding carboxylic acids is 1. The zero-order valence-corrected chi connectivity index (χ0v) is 13.3. The van der Waals surface area contributed by atoms with Crippen molar-refractivity contribution >= 4 is 23.1 Å². The number of hydrogen-bond donors (Lipinski definition) is 1. The van der Waals surface area contributed by atoms with Crippen LogP contribution in [0.25, 0.3) is 0 Å². The molecule has 2 N–H and O–H groups in total. The molecule has 0 aliphatic heterocycles. The molecule has 1 amide bonds. The lowest BCUT2D eigenvalue weighted by Gasteiger charge is -2.29. The van der Waals surface area contributed by atoms with Gasteiger partial charge in [0.25, 0.3) is 5.91 Å². The molecule has 6 heteroatoms. The summed E-state index contributed by atoms with van der Waals surface area (Å²) in [5.74, 6) is -0.0728. The molecule has 0 spiro atoms. The van der Waals surface area contributed by atoms with Crippen LogP contribution in [0.2, 0.25) is 0 Å². The number of nitrogens with two attached hydrogens (primary N) is 1. The molecule has 0 fully saturated rings. The fourth-order valence-corrected chi connectivity index (χ4v) is 2.22. The molecule has 1 atom stereocenters. The maximum Gasteiger partial charge on any atom is 0.272 e. The zero-order chi connectivity index (χ0) is 15.3. The molecule has 5 nitrogen and oxygen atoms in total. The second-order valence-corrected chi connectivity index (χ2v) is 5.44. The van der Waals surface area contributed by atoms with E-state index >= 15 is 0 Å². The van der Waals surface area contributed by atoms with E-state index in [1.165, 1.54) is 0 Å². The lowest BCUT2D eigenvalue weighted by molar-refractivity contribution is 0.0673. The summed E-state index contributed by atoms with van der Waals surface area (Å²) in [6.07, 6.45) is 1.54. The number of carbonyl (C=O) groups is 1. The first-order chi connectivity index (χ1) is 9.36. The maximum atomic E-state index is 12.5. The highest BCUT2D eigenvalue weighted by Gasteiger charge is 2.21. The molecule has 0 saturated heterocycles. The van der Waals surface area contributed by atoms with E-state index in [1.807, 2.05) is 32.8 Å². The number of amides is 1. The number of pyridine rings is 1. The molecule has 0 aromatic carbocycles. The first-order valence-electron chi connectivity index (χ1n) is 6.58. The lowest BCUT2D eigenvalue weighted by Crippen LogP contribution is -2.44. The smallest absolute Gasteiger partial charge is 0.272 e. The van der Waals surface area contributed by atoms with Crippen molar-refractivity contribution in [3.8, 4) is 0 Å². The third-order valence-corrected chi connectivity index (χ3v) is 3.27. The number of hydrogen-bond acceptors (Lipinski definition) is 4. The Morgan fingerprint density at radius 1 is 1.45 bits per heavy atom. The number of aromatic nitrogens is 1. The van der Waals surface area contributed by atoms with Crippen molar-refractivity contribution in [1.29, 1.82) is 0 Å². The van der Waals surface area contributed by atoms with Crippen LogP contribution in [0.3, 0.4) is 0 Å². The van der Waals surface area contributed by atoms with E-state index in [0.29, 0.717) is 17.8 Å². The van der Waals surface area contributed by atoms with Crippen LogP contribution in [0.1, 0.15) is 29.9 Å². The zero-order valence-electron chi connectivity index (χ0n) is 12.5. The molecule has 1 aromatic rings. The summed E-state index contributed by atoms with van der Waals surface area (Å²) in [6.45, 7) is 5.45. The van der Waals surface area contributed by atoms with Crippen LogP contribution >= 0.6 is 12.2 Å². The molecule has 110 valence electrons. The number of likely N-dealkylation sites (N-methyl/N-ethyl adjacent to an activating group) is 2. The average Bonchev–Trinajstić information content (AvgIpc) is 2.38. The highest BCUT2D eigenvalue weighted by atomic mass is 32.1. The van der Waals surface area contributed by atoms with E-state index in [-0.39, 0.29) is 16.9 Å². The third-order valence-electron chi connectivity index (χ3n) is 3.03. The van der Waals surface area contributed by atoms with Crippen LogP contribution < -0.4 is 5.73 Å². The Morgan fingerprint density at radius 3 is 2.50 bits per heavy atom. The van der Waals surface area contributed by atoms with Crippen molar-refractivity contribution < 1.29 is 4.79 Å². The summed E-state index contributed by atoms with van der Waals surface area (Å²) in [5.41, 5.74) is 6.60. The van der Waals surface area contributed by atoms with Crippen LogP contribution in [0.15, 0.2) is 18.3 Å². The fourth-order valence-electron chi connectivity index (χ4n) is 2.10. The Morgan fingerprint density at radius 2 is 2.10 bits per heavy atom. The molecule has 1 heterocycles. The summed E-state index contributed by atoms with van der Waals surface area (Å²) in [6, 6.07) is 3.52. The monoisotopic (exact) mass is 294 g/mol. The van der Waals surface area contributed by atoms with Crippen molar-refractivity contribution in [2.24, 2.45) is 5.73 Å². The van der Waals surface area contributed by atoms with Gasteiger partial charge >= 0.3 is 0 Å². The SMILES string of the molecule is CCN(C(=O)c1ccc(C(N)=S)cn1)C(C)CN(C)C. The minimum absolute atomic E-state index is 0.0728. The van der Waals surface area contributed by atoms with Crippen LogP contribution in [0.4, 0.5) is 0 Å². The predicted octanol–water partition coefficient (Wildman–Crippen LogP) is 1.13. The number of nitrogens with zero attached hydrogens (tertiary/aromatic N) is 3. The number of rotatable bonds is 6. The van der Waals surface area contributed by atoms with Gasteiger partial charge in [-0.3, -0.25) is 9.78 Å². The van der Waals surface area contributed by atoms with E-state index in [0.717, 1.165) is 6.54 Å². The van der Waals surface area contributed by atoms with Crippen LogP contribution in [0, 0.1) is 0 Å². The van der Waals surface area contributed by atoms with Gasteiger partial charge in [-0.2, -0.15) is 0 Å². The van der Waals surface area contributed by atoms with E-state index in [1.54, 1.807) is 18.3 Å². The topological polar surface area (TPSA) is 62.5 Å². The Labute approximate surface area is 125 Å². The molecule has 0 bridgehead atoms. The van der Waals surface area contributed by atoms with Gasteiger partial charge in [-0.1, -0.05) is 12.2 Å². The van der Waals surface area contributed by atoms with Crippen molar-refractivity contribution in [3.63, 3.8) is 0 Å². The van der Waals surface area contributed by atoms with Crippen molar-refractivity contribution in [1.82, 2.24) is 14.8 Å². The first kappa shape index (κ1) is 16.5. The standard InChI is InChI=1S/C14H22N4OS/c1-5-18(10(2)9-17(3)4)14(19)12-7-6-11(8-16-12)13(15)20/h6-8,10H,5,9H2,1-4H3,(H2,15,20). The van der Waals surface area contributed by atoms with Gasteiger partial charge in [-0.05, 0) is 40.1 Å². The van der Waals surface area contributed by atoms with Gasteiger partial charge in [0.05, 0.1) is 0 Å². The predicted molar refractivity (Wildman–Crippen MR) is 84.9 cm³/mol. The summed E-state index contributed by atoms with van der Waals surface area (Å²) in [7, 11) is 3.98. The van der Waals surface area contributed by atoms with Crippen LogP contribution in [-0.4, -0.2) is 58.9 Å². The van der Waals surface area contributed by atoms with Gasteiger partial charge in [0.1, 0.15) is 10.7 Å². The minimum Gasteiger partial charge on any atom is -0.389 e. The van der Waals surface area contributed by atoms with Gasteiger partial charge in [-0.25, -0.2) is 0 Å². The Kier molecular flexibility index (Phi) is 6.04. The summed E-state index contributed by atoms with van der Waals surface area (Å²) < 4.78 is 0. The number of thiocarbonyl (C=S) groups is 1. The van der Waals surface area contributed by atoms with E-state index in [9.17, 15) is 4.79 Å². The molecular formula is C14H22N4OS. The maximum absolute atomic E-state index is 12.5. The quantitative estimate of drug-likeness (QED) is 0.797. The van der Waals surface area contributed by atoms with Crippen molar-refractivity contribution in [3.05, 3.63) is 29.6 Å². The lowest BCUT2D eigenvalue weighted by atomic mass is 10.2. The molecule has 0 aliphatic rings. The van der Waals surface area contributed by atoms with Crippen molar-refractivity contribution in [2.75, 3.05) is 27.2 Å². The normalized spacial score (nSPS) is 12.2. The highest BCUT2D eigenvalue weighted by molar-refractivity contribution is 7.80. The first-order valence-corrected chi connectivity index (χ1v) is 6.99. The average molecular weight is 294 g/mol. The molecule has 0 saturated carbocycles. The molecule has 1 aromatic heterocycles. The fraction of sp³-hybridized carbons (Fsp3) is 0.500. The largest absolute Gasteiger partial charge is 0.389 e. The highest BCUT2D eigenvalue weighted by Crippen LogP contribution is 2.08. The summed E-state index contributed by atoms with van der Waals surface area (Å²) in [4.78, 5) is 20.8. The van der Waals surface area contributed by atoms with Crippen LogP contribution in [0.5, 0.6) is 0 Å². The van der Waals surface area contributed by atoms with Gasteiger partial charge in [-0.15, -0.1) is 0 Å². The van der Waals surface area contributed by atoms with Gasteiger partial charge in [0.2, 0.25) is 0 Å². The molecule has 0 radical (unpaired) electrons. The second-order valence-electron chi connectivity index (χ2n) is 5.00. The minimum atomic E-state index is -0.0728. The molecular weight excluding hydrogens is 272 g/mol. The Balaban J connectivity index is 2.88. The van der Waals surface area contributed by atoms with E-state index < -0.39 is 0 Å².